The Hall–Kier alpha value is -1.84. The number of carboxylic acid groups (broad SMARTS) is 1. The highest BCUT2D eigenvalue weighted by molar-refractivity contribution is 6.31. The van der Waals surface area contributed by atoms with Gasteiger partial charge in [-0.15, -0.1) is 0 Å². The van der Waals surface area contributed by atoms with Gasteiger partial charge in [0, 0.05) is 6.54 Å². The number of hydrogen-bond acceptors (Lipinski definition) is 2. The van der Waals surface area contributed by atoms with E-state index < -0.39 is 11.9 Å². The van der Waals surface area contributed by atoms with Crippen molar-refractivity contribution < 1.29 is 14.7 Å². The first-order valence-electron chi connectivity index (χ1n) is 6.08. The van der Waals surface area contributed by atoms with Crippen molar-refractivity contribution >= 4 is 11.9 Å². The highest BCUT2D eigenvalue weighted by Crippen LogP contribution is 2.09. The molecule has 0 saturated carbocycles. The quantitative estimate of drug-likeness (QED) is 0.779. The van der Waals surface area contributed by atoms with Crippen LogP contribution in [0.1, 0.15) is 25.0 Å². The standard InChI is InChI=1S/C14H19NO3/c1-10(2)9-12-5-3-11(4-6-12)7-8-15-13(16)14(17)18/h3-6,10H,7-9H2,1-2H3,(H,15,16)(H,17,18). The van der Waals surface area contributed by atoms with Gasteiger partial charge in [-0.1, -0.05) is 38.1 Å². The maximum absolute atomic E-state index is 10.8. The molecule has 98 valence electrons. The number of carboxylic acids is 1. The van der Waals surface area contributed by atoms with Crippen molar-refractivity contribution in [3.8, 4) is 0 Å². The lowest BCUT2D eigenvalue weighted by Gasteiger charge is -2.06. The molecule has 0 aromatic heterocycles. The van der Waals surface area contributed by atoms with Crippen molar-refractivity contribution in [2.45, 2.75) is 26.7 Å². The summed E-state index contributed by atoms with van der Waals surface area (Å²) in [7, 11) is 0. The average Bonchev–Trinajstić information content (AvgIpc) is 2.30. The zero-order valence-electron chi connectivity index (χ0n) is 10.8. The van der Waals surface area contributed by atoms with E-state index in [0.717, 1.165) is 12.0 Å². The van der Waals surface area contributed by atoms with Gasteiger partial charge in [-0.3, -0.25) is 4.79 Å². The predicted molar refractivity (Wildman–Crippen MR) is 69.3 cm³/mol. The van der Waals surface area contributed by atoms with Crippen molar-refractivity contribution in [1.82, 2.24) is 5.32 Å². The van der Waals surface area contributed by atoms with Crippen LogP contribution in [0.3, 0.4) is 0 Å². The lowest BCUT2D eigenvalue weighted by molar-refractivity contribution is -0.150. The van der Waals surface area contributed by atoms with Gasteiger partial charge in [-0.05, 0) is 29.9 Å². The zero-order valence-corrected chi connectivity index (χ0v) is 10.8. The minimum atomic E-state index is -1.44. The van der Waals surface area contributed by atoms with Gasteiger partial charge in [-0.25, -0.2) is 4.79 Å². The Morgan fingerprint density at radius 2 is 1.72 bits per heavy atom. The van der Waals surface area contributed by atoms with Gasteiger partial charge in [-0.2, -0.15) is 0 Å². The lowest BCUT2D eigenvalue weighted by Crippen LogP contribution is -2.32. The lowest BCUT2D eigenvalue weighted by atomic mass is 10.0. The molecule has 0 atom stereocenters. The van der Waals surface area contributed by atoms with Crippen LogP contribution in [-0.2, 0) is 22.4 Å². The predicted octanol–water partition coefficient (Wildman–Crippen LogP) is 1.63. The van der Waals surface area contributed by atoms with Crippen molar-refractivity contribution in [2.24, 2.45) is 5.92 Å². The molecule has 1 aromatic carbocycles. The van der Waals surface area contributed by atoms with Crippen LogP contribution >= 0.6 is 0 Å². The molecule has 0 spiro atoms. The molecule has 2 N–H and O–H groups in total. The minimum absolute atomic E-state index is 0.342. The van der Waals surface area contributed by atoms with Crippen LogP contribution in [-0.4, -0.2) is 23.5 Å². The summed E-state index contributed by atoms with van der Waals surface area (Å²) >= 11 is 0. The summed E-state index contributed by atoms with van der Waals surface area (Å²) in [6.07, 6.45) is 1.69. The number of rotatable bonds is 5. The number of carbonyl (C=O) groups is 2. The molecular formula is C14H19NO3. The molecular weight excluding hydrogens is 230 g/mol. The molecule has 0 radical (unpaired) electrons. The molecule has 0 saturated heterocycles. The fraction of sp³-hybridized carbons (Fsp3) is 0.429. The summed E-state index contributed by atoms with van der Waals surface area (Å²) in [5.41, 5.74) is 2.39. The molecule has 0 fully saturated rings. The van der Waals surface area contributed by atoms with E-state index in [2.05, 4.69) is 31.3 Å². The third-order valence-electron chi connectivity index (χ3n) is 2.56. The van der Waals surface area contributed by atoms with E-state index in [1.807, 2.05) is 12.1 Å². The number of benzene rings is 1. The third-order valence-corrected chi connectivity index (χ3v) is 2.56. The molecule has 0 aliphatic heterocycles. The Labute approximate surface area is 107 Å². The van der Waals surface area contributed by atoms with Crippen molar-refractivity contribution in [3.63, 3.8) is 0 Å². The smallest absolute Gasteiger partial charge is 0.394 e. The van der Waals surface area contributed by atoms with Gasteiger partial charge in [0.05, 0.1) is 0 Å². The maximum Gasteiger partial charge on any atom is 0.394 e. The van der Waals surface area contributed by atoms with Crippen molar-refractivity contribution in [1.29, 1.82) is 0 Å². The Balaban J connectivity index is 2.39. The SMILES string of the molecule is CC(C)Cc1ccc(CCNC(=O)C(=O)O)cc1. The summed E-state index contributed by atoms with van der Waals surface area (Å²) < 4.78 is 0. The van der Waals surface area contributed by atoms with Gasteiger partial charge in [0.25, 0.3) is 0 Å². The molecule has 4 heteroatoms. The molecule has 1 aromatic rings. The Bertz CT molecular complexity index is 410. The first-order chi connectivity index (χ1) is 8.49. The number of aliphatic carboxylic acids is 1. The summed E-state index contributed by atoms with van der Waals surface area (Å²) in [5, 5.41) is 10.7. The third kappa shape index (κ3) is 4.99. The topological polar surface area (TPSA) is 66.4 Å². The number of hydrogen-bond donors (Lipinski definition) is 2. The minimum Gasteiger partial charge on any atom is -0.474 e. The monoisotopic (exact) mass is 249 g/mol. The van der Waals surface area contributed by atoms with E-state index in [9.17, 15) is 9.59 Å². The second-order valence-corrected chi connectivity index (χ2v) is 4.73. The molecule has 1 rings (SSSR count). The number of nitrogens with one attached hydrogen (secondary N) is 1. The zero-order chi connectivity index (χ0) is 13.5. The van der Waals surface area contributed by atoms with Crippen LogP contribution in [0.15, 0.2) is 24.3 Å². The van der Waals surface area contributed by atoms with Crippen LogP contribution < -0.4 is 5.32 Å². The average molecular weight is 249 g/mol. The molecule has 0 unspecified atom stereocenters. The molecule has 0 aliphatic rings. The number of carbonyl (C=O) groups excluding carboxylic acids is 1. The molecule has 4 nitrogen and oxygen atoms in total. The Kier molecular flexibility index (Phi) is 5.36. The Morgan fingerprint density at radius 3 is 2.22 bits per heavy atom. The highest BCUT2D eigenvalue weighted by Gasteiger charge is 2.09. The molecule has 1 amide bonds. The first kappa shape index (κ1) is 14.2. The summed E-state index contributed by atoms with van der Waals surface area (Å²) in [6.45, 7) is 4.69. The van der Waals surface area contributed by atoms with E-state index in [1.165, 1.54) is 5.56 Å². The Morgan fingerprint density at radius 1 is 1.17 bits per heavy atom. The maximum atomic E-state index is 10.8. The van der Waals surface area contributed by atoms with Gasteiger partial charge in [0.1, 0.15) is 0 Å². The number of amides is 1. The van der Waals surface area contributed by atoms with Crippen molar-refractivity contribution in [2.75, 3.05) is 6.54 Å². The van der Waals surface area contributed by atoms with Crippen LogP contribution in [0.5, 0.6) is 0 Å². The summed E-state index contributed by atoms with van der Waals surface area (Å²) in [4.78, 5) is 21.1. The fourth-order valence-electron chi connectivity index (χ4n) is 1.71. The van der Waals surface area contributed by atoms with Crippen LogP contribution in [0, 0.1) is 5.92 Å². The summed E-state index contributed by atoms with van der Waals surface area (Å²) in [6, 6.07) is 8.19. The largest absolute Gasteiger partial charge is 0.474 e. The van der Waals surface area contributed by atoms with Crippen LogP contribution in [0.25, 0.3) is 0 Å². The van der Waals surface area contributed by atoms with Crippen LogP contribution in [0.2, 0.25) is 0 Å². The second kappa shape index (κ2) is 6.79. The van der Waals surface area contributed by atoms with E-state index in [-0.39, 0.29) is 0 Å². The van der Waals surface area contributed by atoms with Gasteiger partial charge in [0.15, 0.2) is 0 Å². The molecule has 18 heavy (non-hydrogen) atoms. The summed E-state index contributed by atoms with van der Waals surface area (Å²) in [5.74, 6) is -1.76. The fourth-order valence-corrected chi connectivity index (χ4v) is 1.71. The molecule has 0 bridgehead atoms. The molecule has 0 aliphatic carbocycles. The second-order valence-electron chi connectivity index (χ2n) is 4.73. The first-order valence-corrected chi connectivity index (χ1v) is 6.08. The van der Waals surface area contributed by atoms with E-state index in [4.69, 9.17) is 5.11 Å². The van der Waals surface area contributed by atoms with Crippen molar-refractivity contribution in [3.05, 3.63) is 35.4 Å². The normalized spacial score (nSPS) is 10.4. The van der Waals surface area contributed by atoms with E-state index in [0.29, 0.717) is 18.9 Å². The van der Waals surface area contributed by atoms with Gasteiger partial charge < -0.3 is 10.4 Å². The van der Waals surface area contributed by atoms with Gasteiger partial charge >= 0.3 is 11.9 Å². The van der Waals surface area contributed by atoms with Gasteiger partial charge in [0.2, 0.25) is 0 Å². The molecule has 0 heterocycles. The van der Waals surface area contributed by atoms with Crippen LogP contribution in [0.4, 0.5) is 0 Å². The highest BCUT2D eigenvalue weighted by atomic mass is 16.4. The van der Waals surface area contributed by atoms with E-state index in [1.54, 1.807) is 0 Å². The van der Waals surface area contributed by atoms with E-state index >= 15 is 0 Å².